The molecule has 4 rings (SSSR count). The SMILES string of the molecule is CCc1nnc(Nc2cc(C)nc([C@H]3CN(C(=O)c4ccccn4)CCO3)c2)s1. The number of aromatic nitrogens is 4. The summed E-state index contributed by atoms with van der Waals surface area (Å²) in [6, 6.07) is 9.24. The number of carbonyl (C=O) groups is 1. The van der Waals surface area contributed by atoms with Crippen molar-refractivity contribution in [3.05, 3.63) is 58.6 Å². The van der Waals surface area contributed by atoms with E-state index in [1.54, 1.807) is 23.2 Å². The lowest BCUT2D eigenvalue weighted by Gasteiger charge is -2.32. The zero-order valence-corrected chi connectivity index (χ0v) is 17.1. The molecule has 3 aromatic heterocycles. The summed E-state index contributed by atoms with van der Waals surface area (Å²) in [6.07, 6.45) is 2.19. The molecular weight excluding hydrogens is 388 g/mol. The highest BCUT2D eigenvalue weighted by Gasteiger charge is 2.28. The Balaban J connectivity index is 1.51. The van der Waals surface area contributed by atoms with E-state index >= 15 is 0 Å². The molecule has 1 aliphatic heterocycles. The largest absolute Gasteiger partial charge is 0.368 e. The highest BCUT2D eigenvalue weighted by Crippen LogP contribution is 2.27. The van der Waals surface area contributed by atoms with E-state index < -0.39 is 0 Å². The number of pyridine rings is 2. The van der Waals surface area contributed by atoms with E-state index in [-0.39, 0.29) is 12.0 Å². The van der Waals surface area contributed by atoms with Gasteiger partial charge in [-0.2, -0.15) is 0 Å². The lowest BCUT2D eigenvalue weighted by atomic mass is 10.1. The van der Waals surface area contributed by atoms with E-state index in [0.29, 0.717) is 25.4 Å². The van der Waals surface area contributed by atoms with Crippen molar-refractivity contribution in [1.29, 1.82) is 0 Å². The number of rotatable bonds is 5. The molecule has 0 unspecified atom stereocenters. The first-order valence-corrected chi connectivity index (χ1v) is 10.3. The molecule has 3 aromatic rings. The predicted molar refractivity (Wildman–Crippen MR) is 110 cm³/mol. The van der Waals surface area contributed by atoms with Gasteiger partial charge in [0.25, 0.3) is 5.91 Å². The van der Waals surface area contributed by atoms with Gasteiger partial charge in [-0.3, -0.25) is 14.8 Å². The summed E-state index contributed by atoms with van der Waals surface area (Å²) in [4.78, 5) is 23.3. The molecule has 1 fully saturated rings. The maximum absolute atomic E-state index is 12.7. The monoisotopic (exact) mass is 410 g/mol. The standard InChI is InChI=1S/C20H22N6O2S/c1-3-18-24-25-20(29-18)23-14-10-13(2)22-16(11-14)17-12-26(8-9-28-17)19(27)15-6-4-5-7-21-15/h4-7,10-11,17H,3,8-9,12H2,1-2H3,(H,22,23,25)/t17-/m1/s1. The molecule has 0 aromatic carbocycles. The van der Waals surface area contributed by atoms with Crippen LogP contribution in [-0.2, 0) is 11.2 Å². The highest BCUT2D eigenvalue weighted by molar-refractivity contribution is 7.15. The molecule has 4 heterocycles. The molecule has 1 amide bonds. The Morgan fingerprint density at radius 1 is 1.34 bits per heavy atom. The van der Waals surface area contributed by atoms with Gasteiger partial charge in [0, 0.05) is 24.1 Å². The maximum atomic E-state index is 12.7. The lowest BCUT2D eigenvalue weighted by molar-refractivity contribution is -0.0249. The van der Waals surface area contributed by atoms with Crippen LogP contribution >= 0.6 is 11.3 Å². The second kappa shape index (κ2) is 8.62. The average Bonchev–Trinajstić information content (AvgIpc) is 3.21. The number of anilines is 2. The van der Waals surface area contributed by atoms with Gasteiger partial charge in [-0.15, -0.1) is 10.2 Å². The van der Waals surface area contributed by atoms with Crippen molar-refractivity contribution in [3.8, 4) is 0 Å². The molecule has 0 saturated carbocycles. The van der Waals surface area contributed by atoms with E-state index in [9.17, 15) is 4.79 Å². The van der Waals surface area contributed by atoms with Crippen LogP contribution in [0.2, 0.25) is 0 Å². The first-order chi connectivity index (χ1) is 14.1. The molecule has 29 heavy (non-hydrogen) atoms. The minimum absolute atomic E-state index is 0.0918. The summed E-state index contributed by atoms with van der Waals surface area (Å²) in [5.41, 5.74) is 2.96. The maximum Gasteiger partial charge on any atom is 0.272 e. The minimum atomic E-state index is -0.294. The quantitative estimate of drug-likeness (QED) is 0.690. The Hall–Kier alpha value is -2.91. The number of nitrogens with one attached hydrogen (secondary N) is 1. The topological polar surface area (TPSA) is 93.1 Å². The number of aryl methyl sites for hydroxylation is 2. The molecule has 1 N–H and O–H groups in total. The van der Waals surface area contributed by atoms with Crippen LogP contribution in [0.25, 0.3) is 0 Å². The van der Waals surface area contributed by atoms with Crippen molar-refractivity contribution < 1.29 is 9.53 Å². The second-order valence-electron chi connectivity index (χ2n) is 6.73. The highest BCUT2D eigenvalue weighted by atomic mass is 32.1. The molecule has 1 aliphatic rings. The number of ether oxygens (including phenoxy) is 1. The normalized spacial score (nSPS) is 16.6. The molecule has 150 valence electrons. The summed E-state index contributed by atoms with van der Waals surface area (Å²) >= 11 is 1.53. The second-order valence-corrected chi connectivity index (χ2v) is 7.79. The van der Waals surface area contributed by atoms with Gasteiger partial charge in [0.2, 0.25) is 5.13 Å². The Bertz CT molecular complexity index is 994. The number of carbonyl (C=O) groups excluding carboxylic acids is 1. The number of hydrogen-bond donors (Lipinski definition) is 1. The van der Waals surface area contributed by atoms with Crippen LogP contribution in [0.4, 0.5) is 10.8 Å². The van der Waals surface area contributed by atoms with Gasteiger partial charge in [-0.25, -0.2) is 0 Å². The molecule has 0 radical (unpaired) electrons. The van der Waals surface area contributed by atoms with Crippen LogP contribution in [0.3, 0.4) is 0 Å². The molecule has 1 atom stereocenters. The van der Waals surface area contributed by atoms with Gasteiger partial charge in [-0.05, 0) is 37.6 Å². The molecule has 8 nitrogen and oxygen atoms in total. The first kappa shape index (κ1) is 19.4. The third-order valence-corrected chi connectivity index (χ3v) is 5.54. The van der Waals surface area contributed by atoms with Gasteiger partial charge in [0.05, 0.1) is 18.8 Å². The van der Waals surface area contributed by atoms with E-state index in [2.05, 4.69) is 32.4 Å². The van der Waals surface area contributed by atoms with Crippen molar-refractivity contribution >= 4 is 28.1 Å². The van der Waals surface area contributed by atoms with Crippen LogP contribution in [-0.4, -0.2) is 50.7 Å². The van der Waals surface area contributed by atoms with Crippen molar-refractivity contribution in [2.75, 3.05) is 25.0 Å². The molecule has 0 spiro atoms. The van der Waals surface area contributed by atoms with E-state index in [0.717, 1.165) is 33.6 Å². The summed E-state index contributed by atoms with van der Waals surface area (Å²) < 4.78 is 5.93. The van der Waals surface area contributed by atoms with Crippen LogP contribution in [0.15, 0.2) is 36.5 Å². The van der Waals surface area contributed by atoms with E-state index in [4.69, 9.17) is 4.74 Å². The number of hydrogen-bond acceptors (Lipinski definition) is 8. The van der Waals surface area contributed by atoms with E-state index in [1.165, 1.54) is 11.3 Å². The van der Waals surface area contributed by atoms with Gasteiger partial charge >= 0.3 is 0 Å². The fraction of sp³-hybridized carbons (Fsp3) is 0.350. The van der Waals surface area contributed by atoms with Crippen molar-refractivity contribution in [1.82, 2.24) is 25.1 Å². The van der Waals surface area contributed by atoms with Crippen LogP contribution in [0, 0.1) is 6.92 Å². The molecule has 9 heteroatoms. The minimum Gasteiger partial charge on any atom is -0.368 e. The van der Waals surface area contributed by atoms with E-state index in [1.807, 2.05) is 25.1 Å². The lowest BCUT2D eigenvalue weighted by Crippen LogP contribution is -2.42. The molecule has 0 bridgehead atoms. The number of morpholine rings is 1. The van der Waals surface area contributed by atoms with Crippen molar-refractivity contribution in [3.63, 3.8) is 0 Å². The predicted octanol–water partition coefficient (Wildman–Crippen LogP) is 3.16. The summed E-state index contributed by atoms with van der Waals surface area (Å²) in [6.45, 7) is 5.42. The number of nitrogens with zero attached hydrogens (tertiary/aromatic N) is 5. The van der Waals surface area contributed by atoms with Crippen LogP contribution in [0.1, 0.15) is 39.9 Å². The Morgan fingerprint density at radius 3 is 3.00 bits per heavy atom. The van der Waals surface area contributed by atoms with Gasteiger partial charge in [-0.1, -0.05) is 24.3 Å². The number of amides is 1. The molecule has 0 aliphatic carbocycles. The summed E-state index contributed by atoms with van der Waals surface area (Å²) in [7, 11) is 0. The molecular formula is C20H22N6O2S. The van der Waals surface area contributed by atoms with Crippen LogP contribution in [0.5, 0.6) is 0 Å². The Labute approximate surface area is 173 Å². The van der Waals surface area contributed by atoms with Crippen molar-refractivity contribution in [2.45, 2.75) is 26.4 Å². The van der Waals surface area contributed by atoms with Gasteiger partial charge in [0.15, 0.2) is 0 Å². The Kier molecular flexibility index (Phi) is 5.77. The van der Waals surface area contributed by atoms with Gasteiger partial charge in [0.1, 0.15) is 16.8 Å². The third-order valence-electron chi connectivity index (χ3n) is 4.56. The fourth-order valence-electron chi connectivity index (χ4n) is 3.17. The molecule has 1 saturated heterocycles. The third kappa shape index (κ3) is 4.57. The Morgan fingerprint density at radius 2 is 2.24 bits per heavy atom. The average molecular weight is 411 g/mol. The van der Waals surface area contributed by atoms with Crippen molar-refractivity contribution in [2.24, 2.45) is 0 Å². The fourth-order valence-corrected chi connectivity index (χ4v) is 3.87. The zero-order valence-electron chi connectivity index (χ0n) is 16.3. The summed E-state index contributed by atoms with van der Waals surface area (Å²) in [5, 5.41) is 13.3. The smallest absolute Gasteiger partial charge is 0.272 e. The summed E-state index contributed by atoms with van der Waals surface area (Å²) in [5.74, 6) is -0.0918. The zero-order chi connectivity index (χ0) is 20.2. The van der Waals surface area contributed by atoms with Gasteiger partial charge < -0.3 is 15.0 Å². The van der Waals surface area contributed by atoms with Crippen LogP contribution < -0.4 is 5.32 Å². The first-order valence-electron chi connectivity index (χ1n) is 9.52.